The largest absolute Gasteiger partial charge is 0.480 e. The van der Waals surface area contributed by atoms with Gasteiger partial charge in [-0.2, -0.15) is 0 Å². The molecule has 2 aromatic rings. The Bertz CT molecular complexity index is 710. The van der Waals surface area contributed by atoms with Crippen molar-refractivity contribution in [1.29, 1.82) is 0 Å². The van der Waals surface area contributed by atoms with E-state index in [9.17, 15) is 14.9 Å². The summed E-state index contributed by atoms with van der Waals surface area (Å²) in [7, 11) is 1.64. The summed E-state index contributed by atoms with van der Waals surface area (Å²) < 4.78 is 1.56. The third-order valence-corrected chi connectivity index (χ3v) is 3.40. The molecule has 106 valence electrons. The van der Waals surface area contributed by atoms with E-state index in [0.717, 1.165) is 0 Å². The van der Waals surface area contributed by atoms with Crippen molar-refractivity contribution >= 4 is 34.2 Å². The number of carboxylic acids is 1. The van der Waals surface area contributed by atoms with Crippen molar-refractivity contribution in [2.45, 2.75) is 12.5 Å². The number of nitro groups is 1. The van der Waals surface area contributed by atoms with E-state index in [2.05, 4.69) is 0 Å². The zero-order valence-electron chi connectivity index (χ0n) is 10.5. The number of nitrogens with zero attached hydrogens (tertiary/aromatic N) is 2. The molecule has 20 heavy (non-hydrogen) atoms. The highest BCUT2D eigenvalue weighted by Gasteiger charge is 2.22. The van der Waals surface area contributed by atoms with Gasteiger partial charge in [0.25, 0.3) is 5.69 Å². The number of fused-ring (bicyclic) bond motifs is 1. The van der Waals surface area contributed by atoms with Crippen LogP contribution in [0.4, 0.5) is 5.69 Å². The van der Waals surface area contributed by atoms with E-state index in [1.165, 1.54) is 12.1 Å². The summed E-state index contributed by atoms with van der Waals surface area (Å²) in [5.41, 5.74) is 6.36. The standard InChI is InChI=1S/C12H12ClN3O4/c1-15-5-6(4-8(14)12(17)18)10-7(13)2-3-9(11(10)15)16(19)20/h2-3,5,8H,4,14H2,1H3,(H,17,18). The van der Waals surface area contributed by atoms with Crippen LogP contribution in [0.25, 0.3) is 10.9 Å². The molecule has 8 heteroatoms. The lowest BCUT2D eigenvalue weighted by atomic mass is 10.1. The Morgan fingerprint density at radius 3 is 2.80 bits per heavy atom. The first-order valence-corrected chi connectivity index (χ1v) is 6.10. The molecule has 0 saturated carbocycles. The second-order valence-electron chi connectivity index (χ2n) is 4.46. The summed E-state index contributed by atoms with van der Waals surface area (Å²) in [6.07, 6.45) is 1.67. The monoisotopic (exact) mass is 297 g/mol. The predicted octanol–water partition coefficient (Wildman–Crippen LogP) is 1.69. The van der Waals surface area contributed by atoms with E-state index in [0.29, 0.717) is 21.5 Å². The van der Waals surface area contributed by atoms with Gasteiger partial charge in [-0.3, -0.25) is 14.9 Å². The zero-order chi connectivity index (χ0) is 15.0. The Morgan fingerprint density at radius 2 is 2.25 bits per heavy atom. The summed E-state index contributed by atoms with van der Waals surface area (Å²) >= 11 is 6.09. The molecule has 1 aromatic carbocycles. The number of aliphatic carboxylic acids is 1. The van der Waals surface area contributed by atoms with Crippen LogP contribution in [0.3, 0.4) is 0 Å². The number of halogens is 1. The summed E-state index contributed by atoms with van der Waals surface area (Å²) in [5, 5.41) is 20.7. The van der Waals surface area contributed by atoms with Crippen LogP contribution < -0.4 is 5.73 Å². The lowest BCUT2D eigenvalue weighted by Crippen LogP contribution is -2.32. The van der Waals surface area contributed by atoms with Crippen molar-refractivity contribution in [2.75, 3.05) is 0 Å². The molecule has 1 unspecified atom stereocenters. The Labute approximate surface area is 118 Å². The summed E-state index contributed by atoms with van der Waals surface area (Å²) in [4.78, 5) is 21.4. The minimum absolute atomic E-state index is 0.0492. The maximum atomic E-state index is 11.0. The van der Waals surface area contributed by atoms with E-state index in [1.54, 1.807) is 17.8 Å². The van der Waals surface area contributed by atoms with Crippen LogP contribution in [0.5, 0.6) is 0 Å². The van der Waals surface area contributed by atoms with Gasteiger partial charge < -0.3 is 15.4 Å². The highest BCUT2D eigenvalue weighted by Crippen LogP contribution is 2.35. The maximum Gasteiger partial charge on any atom is 0.320 e. The average molecular weight is 298 g/mol. The van der Waals surface area contributed by atoms with Gasteiger partial charge in [-0.25, -0.2) is 0 Å². The van der Waals surface area contributed by atoms with E-state index < -0.39 is 16.9 Å². The summed E-state index contributed by atoms with van der Waals surface area (Å²) in [6.45, 7) is 0. The van der Waals surface area contributed by atoms with Gasteiger partial charge >= 0.3 is 5.97 Å². The summed E-state index contributed by atoms with van der Waals surface area (Å²) in [6, 6.07) is 1.67. The molecule has 0 radical (unpaired) electrons. The lowest BCUT2D eigenvalue weighted by Gasteiger charge is -2.05. The number of aromatic nitrogens is 1. The third-order valence-electron chi connectivity index (χ3n) is 3.08. The van der Waals surface area contributed by atoms with Crippen molar-refractivity contribution in [1.82, 2.24) is 4.57 Å². The van der Waals surface area contributed by atoms with Crippen LogP contribution in [-0.2, 0) is 18.3 Å². The van der Waals surface area contributed by atoms with E-state index >= 15 is 0 Å². The Balaban J connectivity index is 2.67. The molecular weight excluding hydrogens is 286 g/mol. The van der Waals surface area contributed by atoms with Crippen molar-refractivity contribution in [3.8, 4) is 0 Å². The zero-order valence-corrected chi connectivity index (χ0v) is 11.3. The third kappa shape index (κ3) is 2.33. The number of carbonyl (C=O) groups is 1. The van der Waals surface area contributed by atoms with Gasteiger partial charge in [0.2, 0.25) is 0 Å². The number of hydrogen-bond donors (Lipinski definition) is 2. The van der Waals surface area contributed by atoms with Gasteiger partial charge in [-0.05, 0) is 11.6 Å². The topological polar surface area (TPSA) is 111 Å². The Morgan fingerprint density at radius 1 is 1.60 bits per heavy atom. The maximum absolute atomic E-state index is 11.0. The molecule has 0 spiro atoms. The average Bonchev–Trinajstić information content (AvgIpc) is 2.67. The number of nitrogens with two attached hydrogens (primary N) is 1. The number of benzene rings is 1. The van der Waals surface area contributed by atoms with Gasteiger partial charge in [0.05, 0.1) is 9.95 Å². The van der Waals surface area contributed by atoms with Crippen LogP contribution in [0.15, 0.2) is 18.3 Å². The van der Waals surface area contributed by atoms with Gasteiger partial charge in [-0.15, -0.1) is 0 Å². The molecule has 2 rings (SSSR count). The van der Waals surface area contributed by atoms with Crippen molar-refractivity contribution in [2.24, 2.45) is 12.8 Å². The molecule has 1 aromatic heterocycles. The molecule has 0 saturated heterocycles. The van der Waals surface area contributed by atoms with Crippen molar-refractivity contribution < 1.29 is 14.8 Å². The number of non-ortho nitro benzene ring substituents is 1. The molecule has 0 aliphatic carbocycles. The Hall–Kier alpha value is -2.12. The smallest absolute Gasteiger partial charge is 0.320 e. The van der Waals surface area contributed by atoms with Crippen molar-refractivity contribution in [3.05, 3.63) is 39.0 Å². The highest BCUT2D eigenvalue weighted by molar-refractivity contribution is 6.36. The van der Waals surface area contributed by atoms with Crippen LogP contribution in [0.2, 0.25) is 5.02 Å². The van der Waals surface area contributed by atoms with E-state index in [-0.39, 0.29) is 12.1 Å². The Kier molecular flexibility index (Phi) is 3.65. The second-order valence-corrected chi connectivity index (χ2v) is 4.87. The first-order chi connectivity index (χ1) is 9.32. The molecule has 0 bridgehead atoms. The van der Waals surface area contributed by atoms with Crippen LogP contribution in [0, 0.1) is 10.1 Å². The SMILES string of the molecule is Cn1cc(CC(N)C(=O)O)c2c(Cl)ccc([N+](=O)[O-])c21. The lowest BCUT2D eigenvalue weighted by molar-refractivity contribution is -0.383. The van der Waals surface area contributed by atoms with E-state index in [1.807, 2.05) is 0 Å². The highest BCUT2D eigenvalue weighted by atomic mass is 35.5. The van der Waals surface area contributed by atoms with Crippen LogP contribution in [-0.4, -0.2) is 26.6 Å². The number of carboxylic acid groups (broad SMARTS) is 1. The second kappa shape index (κ2) is 5.10. The molecule has 3 N–H and O–H groups in total. The molecular formula is C12H12ClN3O4. The number of aryl methyl sites for hydroxylation is 1. The molecule has 1 heterocycles. The van der Waals surface area contributed by atoms with Gasteiger partial charge in [0.15, 0.2) is 0 Å². The van der Waals surface area contributed by atoms with Crippen molar-refractivity contribution in [3.63, 3.8) is 0 Å². The van der Waals surface area contributed by atoms with Gasteiger partial charge in [-0.1, -0.05) is 11.6 Å². The molecule has 0 aliphatic rings. The van der Waals surface area contributed by atoms with E-state index in [4.69, 9.17) is 22.4 Å². The number of rotatable bonds is 4. The number of nitro benzene ring substituents is 1. The van der Waals surface area contributed by atoms with Crippen LogP contribution in [0.1, 0.15) is 5.56 Å². The van der Waals surface area contributed by atoms with Gasteiger partial charge in [0.1, 0.15) is 11.6 Å². The first-order valence-electron chi connectivity index (χ1n) is 5.72. The fourth-order valence-electron chi connectivity index (χ4n) is 2.21. The molecule has 1 atom stereocenters. The van der Waals surface area contributed by atoms with Gasteiger partial charge in [0, 0.05) is 31.1 Å². The normalized spacial score (nSPS) is 12.6. The minimum Gasteiger partial charge on any atom is -0.480 e. The minimum atomic E-state index is -1.14. The number of hydrogen-bond acceptors (Lipinski definition) is 4. The molecule has 0 amide bonds. The fourth-order valence-corrected chi connectivity index (χ4v) is 2.48. The molecule has 0 aliphatic heterocycles. The summed E-state index contributed by atoms with van der Waals surface area (Å²) in [5.74, 6) is -1.14. The predicted molar refractivity (Wildman–Crippen MR) is 73.9 cm³/mol. The molecule has 7 nitrogen and oxygen atoms in total. The quantitative estimate of drug-likeness (QED) is 0.659. The molecule has 0 fully saturated rings. The fraction of sp³-hybridized carbons (Fsp3) is 0.250. The van der Waals surface area contributed by atoms with Crippen LogP contribution >= 0.6 is 11.6 Å². The first kappa shape index (κ1) is 14.3.